The van der Waals surface area contributed by atoms with Gasteiger partial charge in [0.1, 0.15) is 11.9 Å². The molecule has 0 bridgehead atoms. The second-order valence-electron chi connectivity index (χ2n) is 7.93. The number of nitrogens with zero attached hydrogens (tertiary/aromatic N) is 2. The van der Waals surface area contributed by atoms with Gasteiger partial charge in [-0.1, -0.05) is 41.9 Å². The summed E-state index contributed by atoms with van der Waals surface area (Å²) in [6.07, 6.45) is -0.170. The van der Waals surface area contributed by atoms with E-state index in [1.54, 1.807) is 28.8 Å². The van der Waals surface area contributed by atoms with Gasteiger partial charge in [0, 0.05) is 23.3 Å². The SMILES string of the molecule is CC(=O)NC(CC(=O)OCC(=O)Nc1c(C#N)c(C)c(C)n1-c1ccccc1)c1ccc(Cl)cc1. The Morgan fingerprint density at radius 1 is 1.09 bits per heavy atom. The molecule has 0 saturated heterocycles. The van der Waals surface area contributed by atoms with Crippen LogP contribution in [-0.2, 0) is 19.1 Å². The van der Waals surface area contributed by atoms with Crippen LogP contribution in [0.2, 0.25) is 5.02 Å². The van der Waals surface area contributed by atoms with Crippen molar-refractivity contribution in [2.75, 3.05) is 11.9 Å². The van der Waals surface area contributed by atoms with Gasteiger partial charge in [-0.05, 0) is 49.2 Å². The number of rotatable bonds is 8. The number of ether oxygens (including phenoxy) is 1. The Labute approximate surface area is 208 Å². The summed E-state index contributed by atoms with van der Waals surface area (Å²) in [5.41, 5.74) is 3.34. The summed E-state index contributed by atoms with van der Waals surface area (Å²) in [5.74, 6) is -1.26. The zero-order valence-corrected chi connectivity index (χ0v) is 20.3. The van der Waals surface area contributed by atoms with Gasteiger partial charge in [0.2, 0.25) is 5.91 Å². The van der Waals surface area contributed by atoms with Crippen LogP contribution in [0, 0.1) is 25.2 Å². The molecule has 0 saturated carbocycles. The predicted molar refractivity (Wildman–Crippen MR) is 132 cm³/mol. The molecule has 35 heavy (non-hydrogen) atoms. The maximum absolute atomic E-state index is 12.7. The number of hydrogen-bond donors (Lipinski definition) is 2. The molecule has 0 aliphatic heterocycles. The highest BCUT2D eigenvalue weighted by Crippen LogP contribution is 2.30. The fourth-order valence-electron chi connectivity index (χ4n) is 3.69. The third-order valence-electron chi connectivity index (χ3n) is 5.48. The molecule has 0 spiro atoms. The van der Waals surface area contributed by atoms with E-state index in [4.69, 9.17) is 16.3 Å². The lowest BCUT2D eigenvalue weighted by Crippen LogP contribution is -2.29. The molecule has 0 aliphatic rings. The minimum atomic E-state index is -0.667. The Morgan fingerprint density at radius 3 is 2.34 bits per heavy atom. The standard InChI is InChI=1S/C26H25ClN4O4/c1-16-17(2)31(21-7-5-4-6-8-21)26(22(16)14-28)30-24(33)15-35-25(34)13-23(29-18(3)32)19-9-11-20(27)12-10-19/h4-12,23H,13,15H2,1-3H3,(H,29,32)(H,30,33). The molecule has 2 amide bonds. The van der Waals surface area contributed by atoms with Gasteiger partial charge in [-0.15, -0.1) is 0 Å². The topological polar surface area (TPSA) is 113 Å². The van der Waals surface area contributed by atoms with E-state index < -0.39 is 24.5 Å². The van der Waals surface area contributed by atoms with Crippen molar-refractivity contribution in [3.05, 3.63) is 82.0 Å². The van der Waals surface area contributed by atoms with Crippen molar-refractivity contribution in [1.29, 1.82) is 5.26 Å². The number of para-hydroxylation sites is 1. The van der Waals surface area contributed by atoms with E-state index in [-0.39, 0.29) is 12.3 Å². The molecule has 9 heteroatoms. The molecule has 2 N–H and O–H groups in total. The monoisotopic (exact) mass is 492 g/mol. The first-order valence-electron chi connectivity index (χ1n) is 10.9. The van der Waals surface area contributed by atoms with E-state index in [2.05, 4.69) is 16.7 Å². The number of nitrogens with one attached hydrogen (secondary N) is 2. The molecule has 0 radical (unpaired) electrons. The molecule has 1 heterocycles. The molecule has 1 aromatic heterocycles. The number of hydrogen-bond acceptors (Lipinski definition) is 5. The van der Waals surface area contributed by atoms with Crippen LogP contribution in [0.1, 0.15) is 41.8 Å². The van der Waals surface area contributed by atoms with E-state index >= 15 is 0 Å². The first kappa shape index (κ1) is 25.5. The van der Waals surface area contributed by atoms with Crippen molar-refractivity contribution in [2.24, 2.45) is 0 Å². The number of benzene rings is 2. The number of carbonyl (C=O) groups is 3. The average Bonchev–Trinajstić information content (AvgIpc) is 3.06. The van der Waals surface area contributed by atoms with Gasteiger partial charge in [0.25, 0.3) is 5.91 Å². The molecule has 2 aromatic carbocycles. The van der Waals surface area contributed by atoms with Gasteiger partial charge in [-0.25, -0.2) is 0 Å². The van der Waals surface area contributed by atoms with Gasteiger partial charge < -0.3 is 15.4 Å². The van der Waals surface area contributed by atoms with Gasteiger partial charge in [0.15, 0.2) is 6.61 Å². The lowest BCUT2D eigenvalue weighted by Gasteiger charge is -2.18. The summed E-state index contributed by atoms with van der Waals surface area (Å²) in [4.78, 5) is 36.7. The first-order valence-corrected chi connectivity index (χ1v) is 11.2. The van der Waals surface area contributed by atoms with E-state index in [0.29, 0.717) is 22.0 Å². The van der Waals surface area contributed by atoms with E-state index in [1.807, 2.05) is 44.2 Å². The number of nitriles is 1. The Kier molecular flexibility index (Phi) is 8.29. The number of amides is 2. The lowest BCUT2D eigenvalue weighted by atomic mass is 10.0. The van der Waals surface area contributed by atoms with E-state index in [0.717, 1.165) is 16.9 Å². The van der Waals surface area contributed by atoms with Crippen LogP contribution in [0.3, 0.4) is 0 Å². The zero-order valence-electron chi connectivity index (χ0n) is 19.6. The third kappa shape index (κ3) is 6.28. The van der Waals surface area contributed by atoms with Crippen LogP contribution in [0.5, 0.6) is 0 Å². The van der Waals surface area contributed by atoms with E-state index in [9.17, 15) is 19.6 Å². The number of carbonyl (C=O) groups excluding carboxylic acids is 3. The summed E-state index contributed by atoms with van der Waals surface area (Å²) < 4.78 is 6.95. The zero-order chi connectivity index (χ0) is 25.5. The van der Waals surface area contributed by atoms with Gasteiger partial charge in [-0.3, -0.25) is 19.0 Å². The maximum Gasteiger partial charge on any atom is 0.308 e. The molecule has 180 valence electrons. The molecular formula is C26H25ClN4O4. The van der Waals surface area contributed by atoms with Crippen LogP contribution in [0.25, 0.3) is 5.69 Å². The highest BCUT2D eigenvalue weighted by molar-refractivity contribution is 6.30. The number of halogens is 1. The van der Waals surface area contributed by atoms with Crippen LogP contribution in [0.4, 0.5) is 5.82 Å². The van der Waals surface area contributed by atoms with Crippen LogP contribution < -0.4 is 10.6 Å². The summed E-state index contributed by atoms with van der Waals surface area (Å²) >= 11 is 5.92. The summed E-state index contributed by atoms with van der Waals surface area (Å²) in [7, 11) is 0. The summed E-state index contributed by atoms with van der Waals surface area (Å²) in [6.45, 7) is 4.47. The molecule has 0 aliphatic carbocycles. The molecular weight excluding hydrogens is 468 g/mol. The maximum atomic E-state index is 12.7. The van der Waals surface area contributed by atoms with Crippen LogP contribution in [-0.4, -0.2) is 29.0 Å². The van der Waals surface area contributed by atoms with Gasteiger partial charge in [-0.2, -0.15) is 5.26 Å². The predicted octanol–water partition coefficient (Wildman–Crippen LogP) is 4.37. The van der Waals surface area contributed by atoms with Crippen molar-refractivity contribution in [3.8, 4) is 11.8 Å². The number of anilines is 1. The van der Waals surface area contributed by atoms with Gasteiger partial charge in [0.05, 0.1) is 18.0 Å². The van der Waals surface area contributed by atoms with Crippen molar-refractivity contribution in [1.82, 2.24) is 9.88 Å². The molecule has 3 aromatic rings. The van der Waals surface area contributed by atoms with Crippen molar-refractivity contribution >= 4 is 35.2 Å². The molecule has 1 unspecified atom stereocenters. The molecule has 8 nitrogen and oxygen atoms in total. The highest BCUT2D eigenvalue weighted by atomic mass is 35.5. The Morgan fingerprint density at radius 2 is 1.74 bits per heavy atom. The fourth-order valence-corrected chi connectivity index (χ4v) is 3.82. The number of esters is 1. The quantitative estimate of drug-likeness (QED) is 0.453. The second-order valence-corrected chi connectivity index (χ2v) is 8.37. The summed E-state index contributed by atoms with van der Waals surface area (Å²) in [6, 6.07) is 17.5. The van der Waals surface area contributed by atoms with Crippen molar-refractivity contribution in [2.45, 2.75) is 33.2 Å². The smallest absolute Gasteiger partial charge is 0.308 e. The Hall–Kier alpha value is -4.09. The van der Waals surface area contributed by atoms with Crippen LogP contribution in [0.15, 0.2) is 54.6 Å². The third-order valence-corrected chi connectivity index (χ3v) is 5.73. The largest absolute Gasteiger partial charge is 0.455 e. The number of aromatic nitrogens is 1. The molecule has 1 atom stereocenters. The lowest BCUT2D eigenvalue weighted by molar-refractivity contribution is -0.148. The normalized spacial score (nSPS) is 11.3. The minimum absolute atomic E-state index is 0.170. The minimum Gasteiger partial charge on any atom is -0.455 e. The summed E-state index contributed by atoms with van der Waals surface area (Å²) in [5, 5.41) is 15.6. The second kappa shape index (κ2) is 11.4. The molecule has 3 rings (SSSR count). The first-order chi connectivity index (χ1) is 16.7. The fraction of sp³-hybridized carbons (Fsp3) is 0.231. The average molecular weight is 493 g/mol. The Balaban J connectivity index is 1.71. The highest BCUT2D eigenvalue weighted by Gasteiger charge is 2.22. The van der Waals surface area contributed by atoms with E-state index in [1.165, 1.54) is 6.92 Å². The molecule has 0 fully saturated rings. The van der Waals surface area contributed by atoms with Crippen molar-refractivity contribution in [3.63, 3.8) is 0 Å². The van der Waals surface area contributed by atoms with Crippen molar-refractivity contribution < 1.29 is 19.1 Å². The van der Waals surface area contributed by atoms with Crippen LogP contribution >= 0.6 is 11.6 Å². The Bertz CT molecular complexity index is 1280. The van der Waals surface area contributed by atoms with Gasteiger partial charge >= 0.3 is 5.97 Å².